The molecule has 2 heterocycles. The van der Waals surface area contributed by atoms with Crippen molar-refractivity contribution in [1.29, 1.82) is 0 Å². The van der Waals surface area contributed by atoms with Crippen molar-refractivity contribution < 1.29 is 4.79 Å². The number of hydrogen-bond acceptors (Lipinski definition) is 3. The molecule has 0 N–H and O–H groups in total. The number of piperazine rings is 1. The Bertz CT molecular complexity index is 353. The van der Waals surface area contributed by atoms with E-state index < -0.39 is 0 Å². The summed E-state index contributed by atoms with van der Waals surface area (Å²) < 4.78 is 0. The Morgan fingerprint density at radius 1 is 1.16 bits per heavy atom. The van der Waals surface area contributed by atoms with Gasteiger partial charge in [0.05, 0.1) is 0 Å². The summed E-state index contributed by atoms with van der Waals surface area (Å²) >= 11 is 0. The average molecular weight is 264 g/mol. The predicted molar refractivity (Wildman–Crippen MR) is 77.2 cm³/mol. The molecule has 2 aliphatic heterocycles. The van der Waals surface area contributed by atoms with Crippen LogP contribution >= 0.6 is 0 Å². The Kier molecular flexibility index (Phi) is 3.69. The van der Waals surface area contributed by atoms with E-state index in [4.69, 9.17) is 0 Å². The van der Waals surface area contributed by atoms with Crippen molar-refractivity contribution in [3.05, 3.63) is 0 Å². The molecule has 0 amide bonds. The third-order valence-electron chi connectivity index (χ3n) is 5.56. The summed E-state index contributed by atoms with van der Waals surface area (Å²) in [5.74, 6) is 0.823. The maximum absolute atomic E-state index is 12.3. The molecule has 0 aromatic heterocycles. The van der Waals surface area contributed by atoms with Crippen LogP contribution in [0.1, 0.15) is 46.0 Å². The zero-order valence-corrected chi connectivity index (χ0v) is 12.5. The lowest BCUT2D eigenvalue weighted by Crippen LogP contribution is -2.55. The lowest BCUT2D eigenvalue weighted by molar-refractivity contribution is -0.128. The van der Waals surface area contributed by atoms with Crippen LogP contribution in [0.25, 0.3) is 0 Å². The Balaban J connectivity index is 1.55. The predicted octanol–water partition coefficient (Wildman–Crippen LogP) is 2.16. The number of carbonyl (C=O) groups excluding carboxylic acids is 1. The minimum atomic E-state index is -0.0582. The number of rotatable bonds is 2. The van der Waals surface area contributed by atoms with Gasteiger partial charge in [0.25, 0.3) is 0 Å². The molecule has 1 saturated carbocycles. The molecule has 2 atom stereocenters. The van der Waals surface area contributed by atoms with Crippen LogP contribution in [0.15, 0.2) is 0 Å². The Morgan fingerprint density at radius 3 is 2.74 bits per heavy atom. The van der Waals surface area contributed by atoms with E-state index in [0.29, 0.717) is 11.7 Å². The first-order chi connectivity index (χ1) is 9.06. The van der Waals surface area contributed by atoms with Crippen molar-refractivity contribution in [2.75, 3.05) is 32.7 Å². The molecule has 3 heteroatoms. The van der Waals surface area contributed by atoms with Gasteiger partial charge in [0, 0.05) is 43.6 Å². The second-order valence-electron chi connectivity index (χ2n) is 7.43. The van der Waals surface area contributed by atoms with Crippen molar-refractivity contribution in [2.24, 2.45) is 11.3 Å². The number of Topliss-reactive ketones (excluding diaryl/α,β-unsaturated/α-hetero) is 1. The van der Waals surface area contributed by atoms with Crippen LogP contribution in [0.3, 0.4) is 0 Å². The van der Waals surface area contributed by atoms with E-state index in [1.165, 1.54) is 45.4 Å². The van der Waals surface area contributed by atoms with Crippen molar-refractivity contribution in [1.82, 2.24) is 9.80 Å². The molecule has 0 aromatic carbocycles. The van der Waals surface area contributed by atoms with E-state index in [0.717, 1.165) is 25.4 Å². The van der Waals surface area contributed by atoms with Gasteiger partial charge in [0.2, 0.25) is 0 Å². The van der Waals surface area contributed by atoms with Crippen LogP contribution in [0, 0.1) is 11.3 Å². The van der Waals surface area contributed by atoms with Gasteiger partial charge >= 0.3 is 0 Å². The van der Waals surface area contributed by atoms with Gasteiger partial charge in [-0.3, -0.25) is 14.6 Å². The van der Waals surface area contributed by atoms with E-state index in [1.807, 2.05) is 0 Å². The molecule has 19 heavy (non-hydrogen) atoms. The molecule has 1 aliphatic carbocycles. The SMILES string of the molecule is CC1(C)CCC(CN2CCN3CCCCC3C2)C1=O. The zero-order valence-electron chi connectivity index (χ0n) is 12.5. The van der Waals surface area contributed by atoms with Gasteiger partial charge in [-0.15, -0.1) is 0 Å². The summed E-state index contributed by atoms with van der Waals surface area (Å²) in [7, 11) is 0. The van der Waals surface area contributed by atoms with E-state index in [-0.39, 0.29) is 5.41 Å². The van der Waals surface area contributed by atoms with Gasteiger partial charge < -0.3 is 0 Å². The molecule has 0 aromatic rings. The quantitative estimate of drug-likeness (QED) is 0.763. The van der Waals surface area contributed by atoms with Crippen LogP contribution in [-0.4, -0.2) is 54.3 Å². The number of hydrogen-bond donors (Lipinski definition) is 0. The van der Waals surface area contributed by atoms with Gasteiger partial charge in [-0.2, -0.15) is 0 Å². The van der Waals surface area contributed by atoms with Crippen molar-refractivity contribution in [2.45, 2.75) is 52.0 Å². The first kappa shape index (κ1) is 13.6. The van der Waals surface area contributed by atoms with Gasteiger partial charge in [-0.25, -0.2) is 0 Å². The minimum absolute atomic E-state index is 0.0582. The van der Waals surface area contributed by atoms with Gasteiger partial charge in [-0.1, -0.05) is 20.3 Å². The highest BCUT2D eigenvalue weighted by atomic mass is 16.1. The Morgan fingerprint density at radius 2 is 2.00 bits per heavy atom. The van der Waals surface area contributed by atoms with E-state index in [1.54, 1.807) is 0 Å². The third-order valence-corrected chi connectivity index (χ3v) is 5.56. The molecule has 3 rings (SSSR count). The lowest BCUT2D eigenvalue weighted by Gasteiger charge is -2.44. The topological polar surface area (TPSA) is 23.6 Å². The summed E-state index contributed by atoms with van der Waals surface area (Å²) in [5.41, 5.74) is -0.0582. The van der Waals surface area contributed by atoms with Gasteiger partial charge in [0.15, 0.2) is 0 Å². The van der Waals surface area contributed by atoms with E-state index >= 15 is 0 Å². The molecule has 2 saturated heterocycles. The van der Waals surface area contributed by atoms with Gasteiger partial charge in [0.1, 0.15) is 5.78 Å². The number of carbonyl (C=O) groups is 1. The summed E-state index contributed by atoms with van der Waals surface area (Å²) in [4.78, 5) is 17.6. The summed E-state index contributed by atoms with van der Waals surface area (Å²) in [5, 5.41) is 0. The average Bonchev–Trinajstić information content (AvgIpc) is 2.66. The zero-order chi connectivity index (χ0) is 13.5. The van der Waals surface area contributed by atoms with Crippen LogP contribution in [0.4, 0.5) is 0 Å². The molecule has 0 bridgehead atoms. The number of ketones is 1. The maximum atomic E-state index is 12.3. The van der Waals surface area contributed by atoms with E-state index in [9.17, 15) is 4.79 Å². The molecule has 0 spiro atoms. The fraction of sp³-hybridized carbons (Fsp3) is 0.938. The molecule has 3 nitrogen and oxygen atoms in total. The fourth-order valence-electron chi connectivity index (χ4n) is 4.21. The normalized spacial score (nSPS) is 36.4. The summed E-state index contributed by atoms with van der Waals surface area (Å²) in [6.45, 7) is 10.1. The van der Waals surface area contributed by atoms with Crippen molar-refractivity contribution in [3.8, 4) is 0 Å². The summed E-state index contributed by atoms with van der Waals surface area (Å²) in [6, 6.07) is 0.770. The number of fused-ring (bicyclic) bond motifs is 1. The Hall–Kier alpha value is -0.410. The van der Waals surface area contributed by atoms with Gasteiger partial charge in [-0.05, 0) is 32.2 Å². The van der Waals surface area contributed by atoms with Crippen LogP contribution in [-0.2, 0) is 4.79 Å². The maximum Gasteiger partial charge on any atom is 0.142 e. The minimum Gasteiger partial charge on any atom is -0.300 e. The van der Waals surface area contributed by atoms with E-state index in [2.05, 4.69) is 23.6 Å². The third kappa shape index (κ3) is 2.73. The molecule has 108 valence electrons. The van der Waals surface area contributed by atoms with Crippen molar-refractivity contribution >= 4 is 5.78 Å². The first-order valence-corrected chi connectivity index (χ1v) is 8.07. The molecule has 0 radical (unpaired) electrons. The highest BCUT2D eigenvalue weighted by Gasteiger charge is 2.41. The second kappa shape index (κ2) is 5.17. The van der Waals surface area contributed by atoms with Crippen LogP contribution in [0.5, 0.6) is 0 Å². The smallest absolute Gasteiger partial charge is 0.142 e. The Labute approximate surface area is 117 Å². The molecular formula is C16H28N2O. The largest absolute Gasteiger partial charge is 0.300 e. The molecule has 2 unspecified atom stereocenters. The molecular weight excluding hydrogens is 236 g/mol. The highest BCUT2D eigenvalue weighted by Crippen LogP contribution is 2.38. The molecule has 3 fully saturated rings. The number of nitrogens with zero attached hydrogens (tertiary/aromatic N) is 2. The van der Waals surface area contributed by atoms with Crippen molar-refractivity contribution in [3.63, 3.8) is 0 Å². The van der Waals surface area contributed by atoms with Crippen LogP contribution in [0.2, 0.25) is 0 Å². The lowest BCUT2D eigenvalue weighted by atomic mass is 9.89. The monoisotopic (exact) mass is 264 g/mol. The fourth-order valence-corrected chi connectivity index (χ4v) is 4.21. The number of piperidine rings is 1. The summed E-state index contributed by atoms with van der Waals surface area (Å²) in [6.07, 6.45) is 6.33. The second-order valence-corrected chi connectivity index (χ2v) is 7.43. The standard InChI is InChI=1S/C16H28N2O/c1-16(2)7-6-13(15(16)19)11-17-9-10-18-8-4-3-5-14(18)12-17/h13-14H,3-12H2,1-2H3. The first-order valence-electron chi connectivity index (χ1n) is 8.07. The molecule has 3 aliphatic rings. The highest BCUT2D eigenvalue weighted by molar-refractivity contribution is 5.88. The van der Waals surface area contributed by atoms with Crippen LogP contribution < -0.4 is 0 Å².